The molecule has 1 aromatic heterocycles. The van der Waals surface area contributed by atoms with Crippen LogP contribution in [-0.4, -0.2) is 39.1 Å². The molecule has 0 aliphatic carbocycles. The van der Waals surface area contributed by atoms with E-state index in [4.69, 9.17) is 0 Å². The van der Waals surface area contributed by atoms with Crippen molar-refractivity contribution in [1.29, 1.82) is 0 Å². The van der Waals surface area contributed by atoms with E-state index in [-0.39, 0.29) is 24.4 Å². The summed E-state index contributed by atoms with van der Waals surface area (Å²) in [5.41, 5.74) is 0.946. The molecule has 0 aromatic carbocycles. The number of carbonyl (C=O) groups excluding carboxylic acids is 2. The first-order valence-corrected chi connectivity index (χ1v) is 6.16. The Morgan fingerprint density at radius 3 is 2.89 bits per heavy atom. The third-order valence-corrected chi connectivity index (χ3v) is 3.09. The first kappa shape index (κ1) is 12.6. The first-order chi connectivity index (χ1) is 8.61. The highest BCUT2D eigenvalue weighted by Gasteiger charge is 2.33. The summed E-state index contributed by atoms with van der Waals surface area (Å²) in [6, 6.07) is -0.351. The van der Waals surface area contributed by atoms with Crippen LogP contribution in [-0.2, 0) is 23.2 Å². The molecule has 1 aliphatic rings. The molecule has 98 valence electrons. The quantitative estimate of drug-likeness (QED) is 0.821. The highest BCUT2D eigenvalue weighted by molar-refractivity contribution is 5.94. The second-order valence-electron chi connectivity index (χ2n) is 4.57. The fourth-order valence-corrected chi connectivity index (χ4v) is 2.21. The summed E-state index contributed by atoms with van der Waals surface area (Å²) >= 11 is 0. The molecule has 0 spiro atoms. The lowest BCUT2D eigenvalue weighted by Crippen LogP contribution is -2.57. The number of hydrogen-bond donors (Lipinski definition) is 1. The van der Waals surface area contributed by atoms with Gasteiger partial charge in [0.1, 0.15) is 6.04 Å². The summed E-state index contributed by atoms with van der Waals surface area (Å²) in [7, 11) is 1.83. The normalized spacial score (nSPS) is 20.1. The summed E-state index contributed by atoms with van der Waals surface area (Å²) < 4.78 is 1.69. The van der Waals surface area contributed by atoms with Crippen molar-refractivity contribution in [3.8, 4) is 0 Å². The van der Waals surface area contributed by atoms with Crippen LogP contribution in [0.4, 0.5) is 0 Å². The van der Waals surface area contributed by atoms with E-state index in [1.165, 1.54) is 0 Å². The van der Waals surface area contributed by atoms with Crippen LogP contribution >= 0.6 is 0 Å². The Morgan fingerprint density at radius 2 is 2.28 bits per heavy atom. The van der Waals surface area contributed by atoms with Gasteiger partial charge in [-0.1, -0.05) is 13.3 Å². The Bertz CT molecular complexity index is 455. The van der Waals surface area contributed by atoms with Crippen LogP contribution in [0, 0.1) is 0 Å². The summed E-state index contributed by atoms with van der Waals surface area (Å²) in [5.74, 6) is -0.0859. The summed E-state index contributed by atoms with van der Waals surface area (Å²) in [4.78, 5) is 25.4. The third kappa shape index (κ3) is 2.52. The lowest BCUT2D eigenvalue weighted by Gasteiger charge is -2.34. The van der Waals surface area contributed by atoms with Crippen LogP contribution in [0.2, 0.25) is 0 Å². The molecule has 2 amide bonds. The van der Waals surface area contributed by atoms with Gasteiger partial charge in [0.25, 0.3) is 0 Å². The lowest BCUT2D eigenvalue weighted by molar-refractivity contribution is -0.146. The molecule has 1 aromatic rings. The zero-order valence-electron chi connectivity index (χ0n) is 10.7. The van der Waals surface area contributed by atoms with E-state index in [2.05, 4.69) is 10.4 Å². The third-order valence-electron chi connectivity index (χ3n) is 3.09. The van der Waals surface area contributed by atoms with E-state index in [1.54, 1.807) is 15.8 Å². The van der Waals surface area contributed by atoms with Crippen molar-refractivity contribution < 1.29 is 9.59 Å². The van der Waals surface area contributed by atoms with Gasteiger partial charge in [0.15, 0.2) is 0 Å². The minimum atomic E-state index is -0.351. The molecule has 0 radical (unpaired) electrons. The number of amides is 2. The smallest absolute Gasteiger partial charge is 0.243 e. The van der Waals surface area contributed by atoms with Crippen LogP contribution in [0.15, 0.2) is 12.4 Å². The second kappa shape index (κ2) is 5.20. The van der Waals surface area contributed by atoms with Gasteiger partial charge in [0, 0.05) is 25.4 Å². The van der Waals surface area contributed by atoms with Crippen LogP contribution in [0.3, 0.4) is 0 Å². The zero-order valence-corrected chi connectivity index (χ0v) is 10.7. The van der Waals surface area contributed by atoms with Crippen LogP contribution in [0.5, 0.6) is 0 Å². The highest BCUT2D eigenvalue weighted by Crippen LogP contribution is 2.15. The molecule has 6 nitrogen and oxygen atoms in total. The van der Waals surface area contributed by atoms with Gasteiger partial charge in [-0.2, -0.15) is 5.10 Å². The molecular formula is C12H18N4O2. The number of piperazine rings is 1. The molecule has 2 heterocycles. The monoisotopic (exact) mass is 250 g/mol. The van der Waals surface area contributed by atoms with E-state index in [1.807, 2.05) is 20.2 Å². The van der Waals surface area contributed by atoms with Crippen molar-refractivity contribution in [2.45, 2.75) is 32.4 Å². The second-order valence-corrected chi connectivity index (χ2v) is 4.57. The first-order valence-electron chi connectivity index (χ1n) is 6.16. The van der Waals surface area contributed by atoms with Gasteiger partial charge in [0.05, 0.1) is 12.7 Å². The van der Waals surface area contributed by atoms with Crippen molar-refractivity contribution in [3.05, 3.63) is 18.0 Å². The average molecular weight is 250 g/mol. The van der Waals surface area contributed by atoms with Crippen LogP contribution in [0.25, 0.3) is 0 Å². The Kier molecular flexibility index (Phi) is 3.64. The van der Waals surface area contributed by atoms with E-state index in [9.17, 15) is 9.59 Å². The molecule has 1 unspecified atom stereocenters. The molecule has 1 fully saturated rings. The maximum atomic E-state index is 11.9. The molecule has 1 N–H and O–H groups in total. The van der Waals surface area contributed by atoms with Crippen molar-refractivity contribution in [2.24, 2.45) is 7.05 Å². The Labute approximate surface area is 106 Å². The van der Waals surface area contributed by atoms with Crippen molar-refractivity contribution >= 4 is 11.8 Å². The van der Waals surface area contributed by atoms with Crippen LogP contribution in [0.1, 0.15) is 25.3 Å². The van der Waals surface area contributed by atoms with E-state index in [0.717, 1.165) is 12.0 Å². The molecule has 18 heavy (non-hydrogen) atoms. The van der Waals surface area contributed by atoms with Gasteiger partial charge >= 0.3 is 0 Å². The fourth-order valence-electron chi connectivity index (χ4n) is 2.21. The van der Waals surface area contributed by atoms with Crippen molar-refractivity contribution in [2.75, 3.05) is 6.54 Å². The largest absolute Gasteiger partial charge is 0.345 e. The summed E-state index contributed by atoms with van der Waals surface area (Å²) in [6.07, 6.45) is 5.15. The molecule has 0 saturated carbocycles. The van der Waals surface area contributed by atoms with Crippen LogP contribution < -0.4 is 5.32 Å². The van der Waals surface area contributed by atoms with Gasteiger partial charge < -0.3 is 10.2 Å². The summed E-state index contributed by atoms with van der Waals surface area (Å²) in [5, 5.41) is 6.71. The Morgan fingerprint density at radius 1 is 1.50 bits per heavy atom. The molecule has 2 rings (SSSR count). The van der Waals surface area contributed by atoms with Crippen molar-refractivity contribution in [1.82, 2.24) is 20.0 Å². The van der Waals surface area contributed by atoms with Crippen molar-refractivity contribution in [3.63, 3.8) is 0 Å². The number of hydrogen-bond acceptors (Lipinski definition) is 3. The lowest BCUT2D eigenvalue weighted by atomic mass is 10.1. The minimum Gasteiger partial charge on any atom is -0.345 e. The molecule has 1 atom stereocenters. The maximum Gasteiger partial charge on any atom is 0.243 e. The number of nitrogens with one attached hydrogen (secondary N) is 1. The van der Waals surface area contributed by atoms with E-state index >= 15 is 0 Å². The Hall–Kier alpha value is -1.85. The molecular weight excluding hydrogens is 232 g/mol. The number of aromatic nitrogens is 2. The SMILES string of the molecule is CCCC1C(=O)NCC(=O)N1Cc1cnn(C)c1. The fraction of sp³-hybridized carbons (Fsp3) is 0.583. The molecule has 1 aliphatic heterocycles. The predicted molar refractivity (Wildman–Crippen MR) is 65.5 cm³/mol. The van der Waals surface area contributed by atoms with Gasteiger partial charge in [-0.05, 0) is 6.42 Å². The van der Waals surface area contributed by atoms with E-state index < -0.39 is 0 Å². The maximum absolute atomic E-state index is 11.9. The van der Waals surface area contributed by atoms with Gasteiger partial charge in [-0.3, -0.25) is 14.3 Å². The number of aryl methyl sites for hydroxylation is 1. The molecule has 0 bridgehead atoms. The van der Waals surface area contributed by atoms with Gasteiger partial charge in [0.2, 0.25) is 11.8 Å². The van der Waals surface area contributed by atoms with Gasteiger partial charge in [-0.25, -0.2) is 0 Å². The Balaban J connectivity index is 2.15. The average Bonchev–Trinajstić information content (AvgIpc) is 2.74. The molecule has 1 saturated heterocycles. The summed E-state index contributed by atoms with van der Waals surface area (Å²) in [6.45, 7) is 2.55. The topological polar surface area (TPSA) is 67.2 Å². The van der Waals surface area contributed by atoms with Gasteiger partial charge in [-0.15, -0.1) is 0 Å². The predicted octanol–water partition coefficient (Wildman–Crippen LogP) is 0.0472. The number of carbonyl (C=O) groups is 2. The minimum absolute atomic E-state index is 0.0306. The van der Waals surface area contributed by atoms with E-state index in [0.29, 0.717) is 13.0 Å². The standard InChI is InChI=1S/C12H18N4O2/c1-3-4-10-12(18)13-6-11(17)16(10)8-9-5-14-15(2)7-9/h5,7,10H,3-4,6,8H2,1-2H3,(H,13,18). The number of rotatable bonds is 4. The highest BCUT2D eigenvalue weighted by atomic mass is 16.2. The number of nitrogens with zero attached hydrogens (tertiary/aromatic N) is 3. The zero-order chi connectivity index (χ0) is 13.1. The molecule has 6 heteroatoms.